The van der Waals surface area contributed by atoms with Crippen molar-refractivity contribution in [2.75, 3.05) is 20.6 Å². The van der Waals surface area contributed by atoms with E-state index < -0.39 is 23.1 Å². The second-order valence-corrected chi connectivity index (χ2v) is 6.40. The van der Waals surface area contributed by atoms with Crippen molar-refractivity contribution in [2.45, 2.75) is 25.4 Å². The average Bonchev–Trinajstić information content (AvgIpc) is 3.04. The van der Waals surface area contributed by atoms with E-state index in [2.05, 4.69) is 9.97 Å². The lowest BCUT2D eigenvalue weighted by molar-refractivity contribution is 0.0719. The minimum Gasteiger partial charge on any atom is -0.328 e. The number of benzene rings is 1. The highest BCUT2D eigenvalue weighted by atomic mass is 19.1. The highest BCUT2D eigenvalue weighted by Crippen LogP contribution is 2.32. The summed E-state index contributed by atoms with van der Waals surface area (Å²) in [6.07, 6.45) is 3.08. The van der Waals surface area contributed by atoms with E-state index >= 15 is 0 Å². The number of aromatic nitrogens is 2. The largest absolute Gasteiger partial charge is 0.328 e. The van der Waals surface area contributed by atoms with Crippen molar-refractivity contribution in [2.24, 2.45) is 0 Å². The van der Waals surface area contributed by atoms with E-state index in [9.17, 15) is 13.6 Å². The topological polar surface area (TPSA) is 49.3 Å². The lowest BCUT2D eigenvalue weighted by atomic mass is 10.1. The van der Waals surface area contributed by atoms with Crippen molar-refractivity contribution < 1.29 is 13.6 Å². The van der Waals surface area contributed by atoms with Gasteiger partial charge in [0.25, 0.3) is 5.91 Å². The summed E-state index contributed by atoms with van der Waals surface area (Å²) < 4.78 is 27.9. The molecule has 0 saturated carbocycles. The normalized spacial score (nSPS) is 17.3. The Balaban J connectivity index is 1.89. The summed E-state index contributed by atoms with van der Waals surface area (Å²) in [6.45, 7) is 1.08. The van der Waals surface area contributed by atoms with Gasteiger partial charge >= 0.3 is 0 Å². The number of hydrogen-bond acceptors (Lipinski definition) is 4. The Morgan fingerprint density at radius 2 is 2.00 bits per heavy atom. The number of amides is 1. The molecule has 0 N–H and O–H groups in total. The van der Waals surface area contributed by atoms with Gasteiger partial charge in [-0.1, -0.05) is 6.07 Å². The number of carbonyl (C=O) groups excluding carboxylic acids is 1. The van der Waals surface area contributed by atoms with Gasteiger partial charge in [-0.3, -0.25) is 4.79 Å². The maximum atomic E-state index is 14.0. The maximum absolute atomic E-state index is 14.0. The van der Waals surface area contributed by atoms with Crippen LogP contribution in [-0.4, -0.2) is 46.3 Å². The van der Waals surface area contributed by atoms with E-state index in [1.807, 2.05) is 25.1 Å². The molecule has 0 radical (unpaired) electrons. The fraction of sp³-hybridized carbons (Fsp3) is 0.389. The Morgan fingerprint density at radius 1 is 1.28 bits per heavy atom. The van der Waals surface area contributed by atoms with Crippen LogP contribution in [0.2, 0.25) is 0 Å². The van der Waals surface area contributed by atoms with Crippen LogP contribution < -0.4 is 0 Å². The minimum absolute atomic E-state index is 0.367. The van der Waals surface area contributed by atoms with E-state index in [0.717, 1.165) is 24.2 Å². The van der Waals surface area contributed by atoms with Gasteiger partial charge in [-0.05, 0) is 45.1 Å². The first-order chi connectivity index (χ1) is 12.0. The molecular weight excluding hydrogens is 326 g/mol. The molecule has 132 valence electrons. The third kappa shape index (κ3) is 3.66. The zero-order valence-electron chi connectivity index (χ0n) is 14.2. The Morgan fingerprint density at radius 3 is 2.68 bits per heavy atom. The monoisotopic (exact) mass is 346 g/mol. The smallest absolute Gasteiger partial charge is 0.260 e. The number of rotatable bonds is 4. The molecule has 0 unspecified atom stereocenters. The Kier molecular flexibility index (Phi) is 5.03. The number of halogens is 2. The van der Waals surface area contributed by atoms with Crippen LogP contribution in [0.15, 0.2) is 30.5 Å². The zero-order chi connectivity index (χ0) is 18.0. The molecule has 1 atom stereocenters. The first-order valence-corrected chi connectivity index (χ1v) is 8.19. The fourth-order valence-electron chi connectivity index (χ4n) is 3.11. The SMILES string of the molecule is CN(C)Cc1ccnc([C@@H]2CCCN2C(=O)c2c(F)cccc2F)n1. The van der Waals surface area contributed by atoms with Crippen LogP contribution in [0.1, 0.15) is 40.8 Å². The fourth-order valence-corrected chi connectivity index (χ4v) is 3.11. The molecule has 0 spiro atoms. The van der Waals surface area contributed by atoms with E-state index in [1.54, 1.807) is 6.20 Å². The Hall–Kier alpha value is -2.41. The van der Waals surface area contributed by atoms with E-state index in [0.29, 0.717) is 25.3 Å². The van der Waals surface area contributed by atoms with Crippen molar-refractivity contribution in [3.63, 3.8) is 0 Å². The summed E-state index contributed by atoms with van der Waals surface area (Å²) in [5.41, 5.74) is 0.324. The molecule has 0 bridgehead atoms. The summed E-state index contributed by atoms with van der Waals surface area (Å²) in [5, 5.41) is 0. The molecule has 1 amide bonds. The first kappa shape index (κ1) is 17.4. The molecule has 7 heteroatoms. The predicted octanol–water partition coefficient (Wildman–Crippen LogP) is 2.79. The van der Waals surface area contributed by atoms with Crippen LogP contribution in [0.4, 0.5) is 8.78 Å². The number of carbonyl (C=O) groups is 1. The van der Waals surface area contributed by atoms with Gasteiger partial charge in [0.1, 0.15) is 17.2 Å². The van der Waals surface area contributed by atoms with Gasteiger partial charge < -0.3 is 9.80 Å². The average molecular weight is 346 g/mol. The van der Waals surface area contributed by atoms with Gasteiger partial charge in [-0.25, -0.2) is 18.7 Å². The summed E-state index contributed by atoms with van der Waals surface area (Å²) >= 11 is 0. The Bertz CT molecular complexity index is 761. The summed E-state index contributed by atoms with van der Waals surface area (Å²) in [5.74, 6) is -1.84. The molecule has 25 heavy (non-hydrogen) atoms. The second kappa shape index (κ2) is 7.23. The lowest BCUT2D eigenvalue weighted by Crippen LogP contribution is -2.33. The van der Waals surface area contributed by atoms with Gasteiger partial charge in [0.15, 0.2) is 5.82 Å². The molecule has 1 saturated heterocycles. The molecule has 2 aromatic rings. The van der Waals surface area contributed by atoms with Gasteiger partial charge in [0, 0.05) is 19.3 Å². The molecule has 1 fully saturated rings. The third-order valence-electron chi connectivity index (χ3n) is 4.20. The number of likely N-dealkylation sites (tertiary alicyclic amines) is 1. The van der Waals surface area contributed by atoms with E-state index in [1.165, 1.54) is 11.0 Å². The molecule has 2 heterocycles. The van der Waals surface area contributed by atoms with Gasteiger partial charge in [-0.2, -0.15) is 0 Å². The standard InChI is InChI=1S/C18H20F2N4O/c1-23(2)11-12-8-9-21-17(22-12)15-7-4-10-24(15)18(25)16-13(19)5-3-6-14(16)20/h3,5-6,8-9,15H,4,7,10-11H2,1-2H3/t15-/m0/s1. The number of nitrogens with zero attached hydrogens (tertiary/aromatic N) is 4. The highest BCUT2D eigenvalue weighted by molar-refractivity contribution is 5.95. The molecule has 1 aromatic heterocycles. The van der Waals surface area contributed by atoms with Crippen molar-refractivity contribution in [3.8, 4) is 0 Å². The van der Waals surface area contributed by atoms with Gasteiger partial charge in [0.05, 0.1) is 11.7 Å². The second-order valence-electron chi connectivity index (χ2n) is 6.40. The van der Waals surface area contributed by atoms with Crippen LogP contribution in [0, 0.1) is 11.6 Å². The van der Waals surface area contributed by atoms with Crippen molar-refractivity contribution in [3.05, 3.63) is 59.2 Å². The summed E-state index contributed by atoms with van der Waals surface area (Å²) in [6, 6.07) is 4.89. The summed E-state index contributed by atoms with van der Waals surface area (Å²) in [4.78, 5) is 25.0. The van der Waals surface area contributed by atoms with Crippen molar-refractivity contribution >= 4 is 5.91 Å². The predicted molar refractivity (Wildman–Crippen MR) is 88.8 cm³/mol. The molecular formula is C18H20F2N4O. The number of hydrogen-bond donors (Lipinski definition) is 0. The lowest BCUT2D eigenvalue weighted by Gasteiger charge is -2.24. The van der Waals surface area contributed by atoms with Crippen LogP contribution in [0.3, 0.4) is 0 Å². The van der Waals surface area contributed by atoms with E-state index in [4.69, 9.17) is 0 Å². The Labute approximate surface area is 145 Å². The molecule has 1 aromatic carbocycles. The third-order valence-corrected chi connectivity index (χ3v) is 4.20. The van der Waals surface area contributed by atoms with Crippen molar-refractivity contribution in [1.82, 2.24) is 19.8 Å². The van der Waals surface area contributed by atoms with Gasteiger partial charge in [-0.15, -0.1) is 0 Å². The first-order valence-electron chi connectivity index (χ1n) is 8.19. The minimum atomic E-state index is -0.849. The quantitative estimate of drug-likeness (QED) is 0.854. The molecule has 3 rings (SSSR count). The van der Waals surface area contributed by atoms with Crippen LogP contribution in [0.5, 0.6) is 0 Å². The highest BCUT2D eigenvalue weighted by Gasteiger charge is 2.34. The van der Waals surface area contributed by atoms with Gasteiger partial charge in [0.2, 0.25) is 0 Å². The van der Waals surface area contributed by atoms with Crippen LogP contribution in [0.25, 0.3) is 0 Å². The van der Waals surface area contributed by atoms with E-state index in [-0.39, 0.29) is 6.04 Å². The maximum Gasteiger partial charge on any atom is 0.260 e. The van der Waals surface area contributed by atoms with Crippen LogP contribution >= 0.6 is 0 Å². The molecule has 5 nitrogen and oxygen atoms in total. The van der Waals surface area contributed by atoms with Crippen LogP contribution in [-0.2, 0) is 6.54 Å². The summed E-state index contributed by atoms with van der Waals surface area (Å²) in [7, 11) is 3.88. The van der Waals surface area contributed by atoms with Crippen molar-refractivity contribution in [1.29, 1.82) is 0 Å². The molecule has 1 aliphatic rings. The molecule has 0 aliphatic carbocycles. The zero-order valence-corrected chi connectivity index (χ0v) is 14.2. The molecule has 1 aliphatic heterocycles.